The van der Waals surface area contributed by atoms with Crippen molar-refractivity contribution in [3.05, 3.63) is 24.3 Å². The van der Waals surface area contributed by atoms with Gasteiger partial charge in [-0.1, -0.05) is 12.1 Å². The second-order valence-corrected chi connectivity index (χ2v) is 7.75. The summed E-state index contributed by atoms with van der Waals surface area (Å²) in [5.74, 6) is 0.951. The van der Waals surface area contributed by atoms with E-state index in [9.17, 15) is 4.79 Å². The normalized spacial score (nSPS) is 20.3. The number of cyclic esters (lactones) is 1. The Hall–Kier alpha value is -1.66. The number of methoxy groups -OCH3 is 1. The fourth-order valence-corrected chi connectivity index (χ4v) is 3.92. The molecule has 1 aromatic carbocycles. The van der Waals surface area contributed by atoms with Gasteiger partial charge in [0.05, 0.1) is 19.3 Å². The Morgan fingerprint density at radius 2 is 1.86 bits per heavy atom. The number of piperazine rings is 1. The third-order valence-corrected chi connectivity index (χ3v) is 5.57. The van der Waals surface area contributed by atoms with Crippen molar-refractivity contribution < 1.29 is 14.3 Å². The summed E-state index contributed by atoms with van der Waals surface area (Å²) in [6, 6.07) is 8.47. The summed E-state index contributed by atoms with van der Waals surface area (Å²) in [6.07, 6.45) is 3.15. The van der Waals surface area contributed by atoms with Crippen LogP contribution in [0.2, 0.25) is 0 Å². The van der Waals surface area contributed by atoms with Gasteiger partial charge in [-0.3, -0.25) is 4.90 Å². The number of nitrogens with zero attached hydrogens (tertiary/aromatic N) is 3. The fourth-order valence-electron chi connectivity index (χ4n) is 3.92. The highest BCUT2D eigenvalue weighted by Crippen LogP contribution is 2.28. The number of benzene rings is 1. The van der Waals surface area contributed by atoms with Gasteiger partial charge in [0.15, 0.2) is 0 Å². The summed E-state index contributed by atoms with van der Waals surface area (Å²) in [5, 5.41) is 0. The first-order valence-electron chi connectivity index (χ1n) is 10.2. The summed E-state index contributed by atoms with van der Waals surface area (Å²) in [7, 11) is 1.73. The van der Waals surface area contributed by atoms with E-state index in [0.29, 0.717) is 0 Å². The lowest BCUT2D eigenvalue weighted by atomic mass is 10.1. The van der Waals surface area contributed by atoms with Crippen LogP contribution in [0.4, 0.5) is 10.5 Å². The van der Waals surface area contributed by atoms with Crippen LogP contribution < -0.4 is 9.64 Å². The summed E-state index contributed by atoms with van der Waals surface area (Å²) >= 11 is 0. The second kappa shape index (κ2) is 10.8. The van der Waals surface area contributed by atoms with Gasteiger partial charge in [-0.25, -0.2) is 4.79 Å². The number of halogens is 1. The number of para-hydroxylation sites is 2. The second-order valence-electron chi connectivity index (χ2n) is 7.75. The Balaban J connectivity index is 0.00000280. The molecule has 2 heterocycles. The molecule has 0 aromatic heterocycles. The van der Waals surface area contributed by atoms with Crippen molar-refractivity contribution >= 4 is 24.2 Å². The maximum atomic E-state index is 11.8. The molecular weight excluding hydrogens is 378 g/mol. The summed E-state index contributed by atoms with van der Waals surface area (Å²) in [4.78, 5) is 18.5. The van der Waals surface area contributed by atoms with Crippen LogP contribution in [0.1, 0.15) is 33.1 Å². The lowest BCUT2D eigenvalue weighted by Gasteiger charge is -2.36. The molecule has 1 amide bonds. The van der Waals surface area contributed by atoms with E-state index in [-0.39, 0.29) is 30.6 Å². The van der Waals surface area contributed by atoms with E-state index in [1.54, 1.807) is 7.11 Å². The van der Waals surface area contributed by atoms with Crippen LogP contribution in [-0.2, 0) is 4.74 Å². The number of hydrogen-bond acceptors (Lipinski definition) is 5. The molecule has 2 aliphatic rings. The molecule has 3 rings (SSSR count). The average molecular weight is 412 g/mol. The van der Waals surface area contributed by atoms with Crippen molar-refractivity contribution in [1.82, 2.24) is 9.80 Å². The minimum absolute atomic E-state index is 0. The third-order valence-electron chi connectivity index (χ3n) is 5.57. The molecule has 6 nitrogen and oxygen atoms in total. The molecule has 1 atom stereocenters. The highest BCUT2D eigenvalue weighted by Gasteiger charge is 2.32. The number of carbonyl (C=O) groups excluding carboxylic acids is 1. The van der Waals surface area contributed by atoms with Gasteiger partial charge in [0.1, 0.15) is 11.9 Å². The van der Waals surface area contributed by atoms with E-state index < -0.39 is 0 Å². The lowest BCUT2D eigenvalue weighted by molar-refractivity contribution is 0.124. The number of ether oxygens (including phenoxy) is 2. The molecule has 0 bridgehead atoms. The minimum Gasteiger partial charge on any atom is -0.495 e. The molecule has 0 saturated carbocycles. The first-order valence-corrected chi connectivity index (χ1v) is 10.2. The van der Waals surface area contributed by atoms with Crippen molar-refractivity contribution in [3.8, 4) is 5.75 Å². The largest absolute Gasteiger partial charge is 0.495 e. The molecule has 1 aromatic rings. The van der Waals surface area contributed by atoms with E-state index in [2.05, 4.69) is 21.9 Å². The maximum absolute atomic E-state index is 11.8. The monoisotopic (exact) mass is 411 g/mol. The topological polar surface area (TPSA) is 45.2 Å². The molecule has 0 N–H and O–H groups in total. The number of anilines is 1. The Morgan fingerprint density at radius 1 is 1.14 bits per heavy atom. The van der Waals surface area contributed by atoms with Gasteiger partial charge in [-0.15, -0.1) is 12.4 Å². The zero-order chi connectivity index (χ0) is 19.2. The van der Waals surface area contributed by atoms with Crippen LogP contribution in [0.25, 0.3) is 0 Å². The molecule has 0 spiro atoms. The average Bonchev–Trinajstić information content (AvgIpc) is 3.06. The Bertz CT molecular complexity index is 621. The summed E-state index contributed by atoms with van der Waals surface area (Å²) in [5.41, 5.74) is 1.19. The standard InChI is InChI=1S/C21H33N3O3.ClH/c1-17(2)24-16-18(27-21(24)25)8-6-7-11-22-12-14-23(15-13-22)19-9-4-5-10-20(19)26-3;/h4-5,9-10,17-18H,6-8,11-16H2,1-3H3;1H. The Labute approximate surface area is 175 Å². The van der Waals surface area contributed by atoms with Gasteiger partial charge in [0, 0.05) is 32.2 Å². The van der Waals surface area contributed by atoms with Crippen molar-refractivity contribution in [1.29, 1.82) is 0 Å². The van der Waals surface area contributed by atoms with E-state index in [1.807, 2.05) is 30.9 Å². The highest BCUT2D eigenvalue weighted by atomic mass is 35.5. The Kier molecular flexibility index (Phi) is 8.70. The molecule has 2 fully saturated rings. The molecule has 0 aliphatic carbocycles. The number of unbranched alkanes of at least 4 members (excludes halogenated alkanes) is 1. The number of rotatable bonds is 8. The maximum Gasteiger partial charge on any atom is 0.410 e. The molecule has 2 saturated heterocycles. The predicted molar refractivity (Wildman–Crippen MR) is 115 cm³/mol. The molecule has 2 aliphatic heterocycles. The Morgan fingerprint density at radius 3 is 2.50 bits per heavy atom. The van der Waals surface area contributed by atoms with E-state index in [1.165, 1.54) is 5.69 Å². The first kappa shape index (κ1) is 22.6. The number of hydrogen-bond donors (Lipinski definition) is 0. The molecule has 7 heteroatoms. The SMILES string of the molecule is COc1ccccc1N1CCN(CCCCC2CN(C(C)C)C(=O)O2)CC1.Cl. The zero-order valence-electron chi connectivity index (χ0n) is 17.3. The molecule has 0 radical (unpaired) electrons. The van der Waals surface area contributed by atoms with Gasteiger partial charge in [-0.05, 0) is 51.8 Å². The summed E-state index contributed by atoms with van der Waals surface area (Å²) < 4.78 is 11.0. The minimum atomic E-state index is -0.150. The van der Waals surface area contributed by atoms with Crippen LogP contribution in [-0.4, -0.2) is 74.4 Å². The van der Waals surface area contributed by atoms with E-state index in [0.717, 1.165) is 64.3 Å². The third kappa shape index (κ3) is 5.67. The van der Waals surface area contributed by atoms with Crippen LogP contribution in [0.3, 0.4) is 0 Å². The molecular formula is C21H34ClN3O3. The first-order chi connectivity index (χ1) is 13.1. The van der Waals surface area contributed by atoms with Crippen molar-refractivity contribution in [2.75, 3.05) is 51.3 Å². The van der Waals surface area contributed by atoms with Gasteiger partial charge in [0.2, 0.25) is 0 Å². The highest BCUT2D eigenvalue weighted by molar-refractivity contribution is 5.85. The number of amides is 1. The van der Waals surface area contributed by atoms with Crippen molar-refractivity contribution in [3.63, 3.8) is 0 Å². The van der Waals surface area contributed by atoms with Crippen LogP contribution in [0.15, 0.2) is 24.3 Å². The number of carbonyl (C=O) groups is 1. The molecule has 28 heavy (non-hydrogen) atoms. The molecule has 158 valence electrons. The van der Waals surface area contributed by atoms with Crippen LogP contribution in [0, 0.1) is 0 Å². The summed E-state index contributed by atoms with van der Waals surface area (Å²) in [6.45, 7) is 10.2. The lowest BCUT2D eigenvalue weighted by Crippen LogP contribution is -2.46. The molecule has 1 unspecified atom stereocenters. The van der Waals surface area contributed by atoms with Gasteiger partial charge < -0.3 is 19.3 Å². The zero-order valence-corrected chi connectivity index (χ0v) is 18.1. The fraction of sp³-hybridized carbons (Fsp3) is 0.667. The van der Waals surface area contributed by atoms with E-state index in [4.69, 9.17) is 9.47 Å². The van der Waals surface area contributed by atoms with Crippen molar-refractivity contribution in [2.45, 2.75) is 45.3 Å². The van der Waals surface area contributed by atoms with Crippen LogP contribution >= 0.6 is 12.4 Å². The van der Waals surface area contributed by atoms with Crippen molar-refractivity contribution in [2.24, 2.45) is 0 Å². The van der Waals surface area contributed by atoms with Gasteiger partial charge in [-0.2, -0.15) is 0 Å². The van der Waals surface area contributed by atoms with Gasteiger partial charge in [0.25, 0.3) is 0 Å². The quantitative estimate of drug-likeness (QED) is 0.611. The van der Waals surface area contributed by atoms with E-state index >= 15 is 0 Å². The van der Waals surface area contributed by atoms with Crippen LogP contribution in [0.5, 0.6) is 5.75 Å². The van der Waals surface area contributed by atoms with Gasteiger partial charge >= 0.3 is 6.09 Å². The predicted octanol–water partition coefficient (Wildman–Crippen LogP) is 3.64. The smallest absolute Gasteiger partial charge is 0.410 e.